The topological polar surface area (TPSA) is 231 Å². The van der Waals surface area contributed by atoms with E-state index in [0.717, 1.165) is 96.3 Å². The fourth-order valence-electron chi connectivity index (χ4n) is 8.42. The monoisotopic (exact) mass is 1190 g/mol. The van der Waals surface area contributed by atoms with Gasteiger partial charge in [-0.1, -0.05) is 242 Å². The molecule has 0 radical (unpaired) electrons. The third-order valence-corrected chi connectivity index (χ3v) is 15.2. The van der Waals surface area contributed by atoms with Gasteiger partial charge in [-0.15, -0.1) is 0 Å². The van der Waals surface area contributed by atoms with Gasteiger partial charge in [0.25, 0.3) is 0 Å². The summed E-state index contributed by atoms with van der Waals surface area (Å²) in [5.74, 6) is -1.59. The minimum atomic E-state index is -4.91. The lowest BCUT2D eigenvalue weighted by atomic mass is 10.0. The van der Waals surface area contributed by atoms with Crippen molar-refractivity contribution in [2.24, 2.45) is 0 Å². The molecule has 0 spiro atoms. The van der Waals surface area contributed by atoms with E-state index in [9.17, 15) is 43.5 Å². The number of hydrogen-bond donors (Lipinski definition) is 4. The van der Waals surface area contributed by atoms with Gasteiger partial charge in [-0.2, -0.15) is 0 Å². The van der Waals surface area contributed by atoms with Crippen LogP contribution in [-0.2, 0) is 55.8 Å². The van der Waals surface area contributed by atoms with Crippen molar-refractivity contribution in [3.63, 3.8) is 0 Å². The molecule has 0 fully saturated rings. The molecule has 0 aliphatic carbocycles. The average Bonchev–Trinajstić information content (AvgIpc) is 3.45. The van der Waals surface area contributed by atoms with Gasteiger partial charge >= 0.3 is 33.6 Å². The van der Waals surface area contributed by atoms with Crippen LogP contribution in [0, 0.1) is 0 Å². The minimum Gasteiger partial charge on any atom is -0.463 e. The number of phosphoric acid groups is 2. The van der Waals surface area contributed by atoms with E-state index in [0.29, 0.717) is 19.3 Å². The van der Waals surface area contributed by atoms with Crippen molar-refractivity contribution in [3.8, 4) is 0 Å². The first-order chi connectivity index (χ1) is 39.2. The lowest BCUT2D eigenvalue weighted by Gasteiger charge is -2.21. The van der Waals surface area contributed by atoms with E-state index < -0.39 is 91.5 Å². The number of aliphatic hydroxyl groups excluding tert-OH is 2. The highest BCUT2D eigenvalue weighted by Crippen LogP contribution is 2.45. The minimum absolute atomic E-state index is 0.111. The molecular weight excluding hydrogens is 1070 g/mol. The Hall–Kier alpha value is -2.75. The molecule has 81 heavy (non-hydrogen) atoms. The molecule has 0 aliphatic rings. The van der Waals surface area contributed by atoms with Crippen molar-refractivity contribution >= 4 is 33.6 Å². The highest BCUT2D eigenvalue weighted by Gasteiger charge is 2.29. The fraction of sp³-hybridized carbons (Fsp3) is 0.794. The Labute approximate surface area is 490 Å². The number of unbranched alkanes of at least 4 members (excludes halogenated alkanes) is 27. The number of hydrogen-bond acceptors (Lipinski definition) is 14. The number of ether oxygens (including phenoxy) is 3. The maximum Gasteiger partial charge on any atom is 0.472 e. The number of esters is 3. The molecule has 0 aromatic rings. The smallest absolute Gasteiger partial charge is 0.463 e. The van der Waals surface area contributed by atoms with E-state index in [2.05, 4.69) is 81.5 Å². The zero-order chi connectivity index (χ0) is 59.6. The van der Waals surface area contributed by atoms with Crippen molar-refractivity contribution in [1.29, 1.82) is 0 Å². The van der Waals surface area contributed by atoms with Crippen LogP contribution in [0.25, 0.3) is 0 Å². The Bertz CT molecular complexity index is 1730. The van der Waals surface area contributed by atoms with Gasteiger partial charge in [0.2, 0.25) is 0 Å². The standard InChI is InChI=1S/C63H114O16P2/c1-4-7-10-13-16-19-22-25-26-27-28-29-30-33-35-37-40-43-46-49-61(66)73-52-58(64)53-75-80(69,70)76-54-59(65)55-77-81(71,72)78-57-60(79-63(68)51-48-45-42-39-36-32-24-21-18-15-12-9-6-3)56-74-62(67)50-47-44-41-38-34-31-23-20-17-14-11-8-5-2/h7,10,16,19,25-26,28-29,33,35,58-60,64-65H,4-6,8-9,11-15,17-18,20-24,27,30-32,34,36-57H2,1-3H3,(H,69,70)(H,71,72)/b10-7-,19-16-,26-25-,29-28-,35-33-. The average molecular weight is 1190 g/mol. The first kappa shape index (κ1) is 78.2. The number of phosphoric ester groups is 2. The van der Waals surface area contributed by atoms with E-state index in [1.54, 1.807) is 0 Å². The summed E-state index contributed by atoms with van der Waals surface area (Å²) in [4.78, 5) is 58.1. The summed E-state index contributed by atoms with van der Waals surface area (Å²) in [6, 6.07) is 0. The Balaban J connectivity index is 4.63. The normalized spacial score (nSPS) is 14.8. The van der Waals surface area contributed by atoms with Gasteiger partial charge < -0.3 is 34.2 Å². The van der Waals surface area contributed by atoms with Crippen LogP contribution in [0.4, 0.5) is 0 Å². The number of carbonyl (C=O) groups is 3. The van der Waals surface area contributed by atoms with Crippen LogP contribution in [0.5, 0.6) is 0 Å². The van der Waals surface area contributed by atoms with Crippen molar-refractivity contribution in [1.82, 2.24) is 0 Å². The van der Waals surface area contributed by atoms with Crippen molar-refractivity contribution in [2.75, 3.05) is 39.6 Å². The van der Waals surface area contributed by atoms with Crippen molar-refractivity contribution < 1.29 is 75.8 Å². The first-order valence-electron chi connectivity index (χ1n) is 31.6. The number of rotatable bonds is 60. The van der Waals surface area contributed by atoms with Crippen LogP contribution in [0.1, 0.15) is 265 Å². The van der Waals surface area contributed by atoms with E-state index in [1.165, 1.54) is 109 Å². The molecule has 5 atom stereocenters. The van der Waals surface area contributed by atoms with Crippen LogP contribution in [0.15, 0.2) is 60.8 Å². The second-order valence-electron chi connectivity index (χ2n) is 21.2. The molecular formula is C63H114O16P2. The molecule has 0 amide bonds. The molecule has 0 saturated heterocycles. The molecule has 18 heteroatoms. The van der Waals surface area contributed by atoms with E-state index >= 15 is 0 Å². The molecule has 0 aromatic carbocycles. The van der Waals surface area contributed by atoms with Crippen LogP contribution in [-0.4, -0.2) is 95.9 Å². The van der Waals surface area contributed by atoms with Gasteiger partial charge in [0.1, 0.15) is 25.4 Å². The molecule has 4 N–H and O–H groups in total. The summed E-state index contributed by atoms with van der Waals surface area (Å²) in [6.07, 6.45) is 55.7. The van der Waals surface area contributed by atoms with E-state index in [4.69, 9.17) is 32.3 Å². The molecule has 0 aromatic heterocycles. The van der Waals surface area contributed by atoms with Crippen LogP contribution < -0.4 is 0 Å². The third-order valence-electron chi connectivity index (χ3n) is 13.3. The van der Waals surface area contributed by atoms with E-state index in [-0.39, 0.29) is 19.3 Å². The predicted molar refractivity (Wildman–Crippen MR) is 325 cm³/mol. The number of carbonyl (C=O) groups excluding carboxylic acids is 3. The van der Waals surface area contributed by atoms with Gasteiger partial charge in [0, 0.05) is 19.3 Å². The molecule has 5 unspecified atom stereocenters. The van der Waals surface area contributed by atoms with Gasteiger partial charge in [0.15, 0.2) is 6.10 Å². The molecule has 472 valence electrons. The molecule has 0 saturated carbocycles. The summed E-state index contributed by atoms with van der Waals surface area (Å²) < 4.78 is 60.7. The molecule has 0 heterocycles. The maximum absolute atomic E-state index is 12.9. The van der Waals surface area contributed by atoms with Gasteiger partial charge in [-0.3, -0.25) is 32.5 Å². The summed E-state index contributed by atoms with van der Waals surface area (Å²) in [5.41, 5.74) is 0. The van der Waals surface area contributed by atoms with Crippen LogP contribution >= 0.6 is 15.6 Å². The Morgan fingerprint density at radius 3 is 1.04 bits per heavy atom. The largest absolute Gasteiger partial charge is 0.472 e. The second kappa shape index (κ2) is 57.7. The zero-order valence-electron chi connectivity index (χ0n) is 50.7. The lowest BCUT2D eigenvalue weighted by molar-refractivity contribution is -0.161. The summed E-state index contributed by atoms with van der Waals surface area (Å²) >= 11 is 0. The molecule has 16 nitrogen and oxygen atoms in total. The highest BCUT2D eigenvalue weighted by atomic mass is 31.2. The van der Waals surface area contributed by atoms with Gasteiger partial charge in [-0.05, 0) is 64.2 Å². The summed E-state index contributed by atoms with van der Waals surface area (Å²) in [5, 5.41) is 20.5. The molecule has 0 rings (SSSR count). The first-order valence-corrected chi connectivity index (χ1v) is 34.6. The summed E-state index contributed by atoms with van der Waals surface area (Å²) in [6.45, 7) is 2.52. The Morgan fingerprint density at radius 2 is 0.654 bits per heavy atom. The predicted octanol–water partition coefficient (Wildman–Crippen LogP) is 16.6. The van der Waals surface area contributed by atoms with Gasteiger partial charge in [0.05, 0.1) is 26.4 Å². The number of aliphatic hydroxyl groups is 2. The quantitative estimate of drug-likeness (QED) is 0.0146. The van der Waals surface area contributed by atoms with Crippen molar-refractivity contribution in [3.05, 3.63) is 60.8 Å². The van der Waals surface area contributed by atoms with Crippen molar-refractivity contribution in [2.45, 2.75) is 283 Å². The third kappa shape index (κ3) is 58.8. The van der Waals surface area contributed by atoms with Crippen LogP contribution in [0.3, 0.4) is 0 Å². The highest BCUT2D eigenvalue weighted by molar-refractivity contribution is 7.47. The van der Waals surface area contributed by atoms with Gasteiger partial charge in [-0.25, -0.2) is 9.13 Å². The lowest BCUT2D eigenvalue weighted by Crippen LogP contribution is -2.30. The Kier molecular flexibility index (Phi) is 55.7. The number of allylic oxidation sites excluding steroid dienone is 10. The van der Waals surface area contributed by atoms with Crippen LogP contribution in [0.2, 0.25) is 0 Å². The fourth-order valence-corrected chi connectivity index (χ4v) is 10.0. The molecule has 0 bridgehead atoms. The zero-order valence-corrected chi connectivity index (χ0v) is 52.5. The van der Waals surface area contributed by atoms with E-state index in [1.807, 2.05) is 0 Å². The second-order valence-corrected chi connectivity index (χ2v) is 24.1. The molecule has 0 aliphatic heterocycles. The Morgan fingerprint density at radius 1 is 0.358 bits per heavy atom. The maximum atomic E-state index is 12.9. The summed E-state index contributed by atoms with van der Waals surface area (Å²) in [7, 11) is -9.76. The SMILES string of the molecule is CC/C=C\C/C=C\C/C=C\C/C=C\C/C=C\CCCCCC(=O)OCC(O)COP(=O)(O)OCC(O)COP(=O)(O)OCC(COC(=O)CCCCCCCCCCCCCCC)OC(=O)CCCCCCCCCCCCCCC.